The molecule has 1 aliphatic heterocycles. The minimum Gasteiger partial charge on any atom is -0.378 e. The van der Waals surface area contributed by atoms with Gasteiger partial charge < -0.3 is 15.0 Å². The number of benzene rings is 1. The average Bonchev–Trinajstić information content (AvgIpc) is 3.16. The predicted octanol–water partition coefficient (Wildman–Crippen LogP) is 3.64. The summed E-state index contributed by atoms with van der Waals surface area (Å²) in [5, 5.41) is 3.07. The highest BCUT2D eigenvalue weighted by Crippen LogP contribution is 2.59. The number of allylic oxidation sites excluding steroid dienone is 2. The monoisotopic (exact) mass is 370 g/mol. The molecule has 1 aromatic rings. The summed E-state index contributed by atoms with van der Waals surface area (Å²) in [5.74, 6) is 0.258. The van der Waals surface area contributed by atoms with Crippen LogP contribution in [0, 0.1) is 24.2 Å². The molecule has 1 heterocycles. The molecule has 3 rings (SSSR count). The minimum absolute atomic E-state index is 0.000989. The van der Waals surface area contributed by atoms with Crippen LogP contribution in [0.2, 0.25) is 0 Å². The van der Waals surface area contributed by atoms with Gasteiger partial charge in [0.15, 0.2) is 0 Å². The molecule has 27 heavy (non-hydrogen) atoms. The van der Waals surface area contributed by atoms with Gasteiger partial charge in [-0.25, -0.2) is 0 Å². The number of morpholine rings is 1. The molecule has 0 bridgehead atoms. The number of rotatable bonds is 4. The van der Waals surface area contributed by atoms with Crippen LogP contribution in [0.5, 0.6) is 0 Å². The topological polar surface area (TPSA) is 58.6 Å². The van der Waals surface area contributed by atoms with Crippen LogP contribution in [0.15, 0.2) is 29.8 Å². The molecule has 2 amide bonds. The highest BCUT2D eigenvalue weighted by atomic mass is 16.5. The van der Waals surface area contributed by atoms with Crippen molar-refractivity contribution in [3.63, 3.8) is 0 Å². The molecule has 0 radical (unpaired) electrons. The van der Waals surface area contributed by atoms with Crippen LogP contribution >= 0.6 is 0 Å². The molecular weight excluding hydrogens is 340 g/mol. The van der Waals surface area contributed by atoms with E-state index in [1.54, 1.807) is 0 Å². The SMILES string of the molecule is CC(C)=CC1C(C(=O)Nc2cccc(C(=O)N3CCOCC3)c2C)C1(C)C. The van der Waals surface area contributed by atoms with Gasteiger partial charge in [0.25, 0.3) is 5.91 Å². The Bertz CT molecular complexity index is 772. The molecule has 1 aromatic carbocycles. The first-order chi connectivity index (χ1) is 12.7. The van der Waals surface area contributed by atoms with Crippen molar-refractivity contribution in [2.75, 3.05) is 31.6 Å². The summed E-state index contributed by atoms with van der Waals surface area (Å²) < 4.78 is 5.33. The van der Waals surface area contributed by atoms with E-state index in [1.807, 2.05) is 30.0 Å². The third-order valence-electron chi connectivity index (χ3n) is 5.83. The zero-order valence-corrected chi connectivity index (χ0v) is 17.0. The number of ether oxygens (including phenoxy) is 1. The number of nitrogens with one attached hydrogen (secondary N) is 1. The molecular formula is C22H30N2O3. The molecule has 146 valence electrons. The fourth-order valence-corrected chi connectivity index (χ4v) is 4.00. The van der Waals surface area contributed by atoms with Crippen LogP contribution in [0.3, 0.4) is 0 Å². The van der Waals surface area contributed by atoms with Crippen molar-refractivity contribution in [1.29, 1.82) is 0 Å². The molecule has 2 unspecified atom stereocenters. The lowest BCUT2D eigenvalue weighted by Crippen LogP contribution is -2.41. The van der Waals surface area contributed by atoms with E-state index < -0.39 is 0 Å². The van der Waals surface area contributed by atoms with Crippen LogP contribution in [0.4, 0.5) is 5.69 Å². The van der Waals surface area contributed by atoms with Gasteiger partial charge in [0.1, 0.15) is 0 Å². The van der Waals surface area contributed by atoms with Gasteiger partial charge >= 0.3 is 0 Å². The molecule has 2 fully saturated rings. The van der Waals surface area contributed by atoms with Crippen molar-refractivity contribution in [1.82, 2.24) is 4.90 Å². The fraction of sp³-hybridized carbons (Fsp3) is 0.545. The second-order valence-corrected chi connectivity index (χ2v) is 8.44. The molecule has 5 heteroatoms. The standard InChI is InChI=1S/C22H30N2O3/c1-14(2)13-17-19(22(17,4)5)20(25)23-18-8-6-7-16(15(18)3)21(26)24-9-11-27-12-10-24/h6-8,13,17,19H,9-12H2,1-5H3,(H,23,25). The lowest BCUT2D eigenvalue weighted by atomic mass is 10.0. The smallest absolute Gasteiger partial charge is 0.254 e. The van der Waals surface area contributed by atoms with Gasteiger partial charge in [-0.05, 0) is 49.8 Å². The molecule has 2 aliphatic rings. The van der Waals surface area contributed by atoms with E-state index in [0.717, 1.165) is 11.3 Å². The molecule has 5 nitrogen and oxygen atoms in total. The van der Waals surface area contributed by atoms with Crippen LogP contribution in [0.25, 0.3) is 0 Å². The molecule has 1 N–H and O–H groups in total. The summed E-state index contributed by atoms with van der Waals surface area (Å²) in [6.45, 7) is 12.6. The Labute approximate surface area is 161 Å². The Morgan fingerprint density at radius 2 is 1.89 bits per heavy atom. The maximum absolute atomic E-state index is 12.9. The third kappa shape index (κ3) is 3.93. The van der Waals surface area contributed by atoms with Gasteiger partial charge in [0.2, 0.25) is 5.91 Å². The Hall–Kier alpha value is -2.14. The van der Waals surface area contributed by atoms with E-state index in [-0.39, 0.29) is 29.1 Å². The highest BCUT2D eigenvalue weighted by Gasteiger charge is 2.60. The molecule has 2 atom stereocenters. The average molecular weight is 370 g/mol. The molecule has 1 aliphatic carbocycles. The number of carbonyl (C=O) groups excluding carboxylic acids is 2. The summed E-state index contributed by atoms with van der Waals surface area (Å²) in [5.41, 5.74) is 3.39. The van der Waals surface area contributed by atoms with E-state index in [2.05, 4.69) is 39.1 Å². The van der Waals surface area contributed by atoms with Gasteiger partial charge in [-0.3, -0.25) is 9.59 Å². The van der Waals surface area contributed by atoms with Gasteiger partial charge in [-0.2, -0.15) is 0 Å². The summed E-state index contributed by atoms with van der Waals surface area (Å²) >= 11 is 0. The highest BCUT2D eigenvalue weighted by molar-refractivity contribution is 6.00. The van der Waals surface area contributed by atoms with Crippen molar-refractivity contribution in [3.8, 4) is 0 Å². The molecule has 0 aromatic heterocycles. The van der Waals surface area contributed by atoms with E-state index in [4.69, 9.17) is 4.74 Å². The van der Waals surface area contributed by atoms with Crippen molar-refractivity contribution in [2.24, 2.45) is 17.3 Å². The van der Waals surface area contributed by atoms with Crippen LogP contribution < -0.4 is 5.32 Å². The lowest BCUT2D eigenvalue weighted by molar-refractivity contribution is -0.118. The third-order valence-corrected chi connectivity index (χ3v) is 5.83. The Kier molecular flexibility index (Phi) is 5.43. The second kappa shape index (κ2) is 7.47. The van der Waals surface area contributed by atoms with Crippen molar-refractivity contribution in [3.05, 3.63) is 41.0 Å². The van der Waals surface area contributed by atoms with Gasteiger partial charge in [-0.15, -0.1) is 0 Å². The maximum Gasteiger partial charge on any atom is 0.254 e. The van der Waals surface area contributed by atoms with E-state index in [0.29, 0.717) is 31.9 Å². The normalized spacial score (nSPS) is 23.5. The van der Waals surface area contributed by atoms with Crippen molar-refractivity contribution >= 4 is 17.5 Å². The number of amides is 2. The first-order valence-corrected chi connectivity index (χ1v) is 9.66. The molecule has 1 saturated carbocycles. The number of nitrogens with zero attached hydrogens (tertiary/aromatic N) is 1. The van der Waals surface area contributed by atoms with Crippen LogP contribution in [-0.4, -0.2) is 43.0 Å². The second-order valence-electron chi connectivity index (χ2n) is 8.44. The molecule has 1 saturated heterocycles. The quantitative estimate of drug-likeness (QED) is 0.823. The van der Waals surface area contributed by atoms with E-state index >= 15 is 0 Å². The Balaban J connectivity index is 1.75. The van der Waals surface area contributed by atoms with Gasteiger partial charge in [0, 0.05) is 24.3 Å². The predicted molar refractivity (Wildman–Crippen MR) is 107 cm³/mol. The fourth-order valence-electron chi connectivity index (χ4n) is 4.00. The number of carbonyl (C=O) groups is 2. The zero-order chi connectivity index (χ0) is 19.8. The molecule has 0 spiro atoms. The number of anilines is 1. The van der Waals surface area contributed by atoms with Crippen LogP contribution in [-0.2, 0) is 9.53 Å². The minimum atomic E-state index is -0.0367. The summed E-state index contributed by atoms with van der Waals surface area (Å²) in [7, 11) is 0. The largest absolute Gasteiger partial charge is 0.378 e. The van der Waals surface area contributed by atoms with Gasteiger partial charge in [0.05, 0.1) is 19.1 Å². The summed E-state index contributed by atoms with van der Waals surface area (Å²) in [6, 6.07) is 5.53. The van der Waals surface area contributed by atoms with Gasteiger partial charge in [-0.1, -0.05) is 31.6 Å². The Morgan fingerprint density at radius 1 is 1.22 bits per heavy atom. The number of hydrogen-bond donors (Lipinski definition) is 1. The van der Waals surface area contributed by atoms with E-state index in [1.165, 1.54) is 5.57 Å². The lowest BCUT2D eigenvalue weighted by Gasteiger charge is -2.27. The number of hydrogen-bond acceptors (Lipinski definition) is 3. The maximum atomic E-state index is 12.9. The van der Waals surface area contributed by atoms with E-state index in [9.17, 15) is 9.59 Å². The first kappa shape index (κ1) is 19.6. The van der Waals surface area contributed by atoms with Crippen LogP contribution in [0.1, 0.15) is 43.6 Å². The first-order valence-electron chi connectivity index (χ1n) is 9.66. The summed E-state index contributed by atoms with van der Waals surface area (Å²) in [4.78, 5) is 27.5. The summed E-state index contributed by atoms with van der Waals surface area (Å²) in [6.07, 6.45) is 2.19. The zero-order valence-electron chi connectivity index (χ0n) is 17.0. The Morgan fingerprint density at radius 3 is 2.52 bits per heavy atom. The van der Waals surface area contributed by atoms with Crippen molar-refractivity contribution < 1.29 is 14.3 Å². The van der Waals surface area contributed by atoms with Crippen molar-refractivity contribution in [2.45, 2.75) is 34.6 Å².